The minimum atomic E-state index is -0.361. The molecule has 4 rings (SSSR count). The van der Waals surface area contributed by atoms with Crippen LogP contribution in [-0.2, 0) is 0 Å². The van der Waals surface area contributed by atoms with Crippen LogP contribution in [0.5, 0.6) is 11.5 Å². The Labute approximate surface area is 167 Å². The molecule has 0 aliphatic rings. The van der Waals surface area contributed by atoms with Crippen LogP contribution in [-0.4, -0.2) is 39.7 Å². The number of methoxy groups -OCH3 is 2. The highest BCUT2D eigenvalue weighted by molar-refractivity contribution is 6.03. The smallest absolute Gasteiger partial charge is 0.258 e. The van der Waals surface area contributed by atoms with Gasteiger partial charge in [0.25, 0.3) is 17.6 Å². The maximum absolute atomic E-state index is 12.7. The fourth-order valence-corrected chi connectivity index (χ4v) is 3.01. The summed E-state index contributed by atoms with van der Waals surface area (Å²) >= 11 is 0. The van der Waals surface area contributed by atoms with Crippen LogP contribution in [0.25, 0.3) is 17.0 Å². The first-order valence-electron chi connectivity index (χ1n) is 8.92. The van der Waals surface area contributed by atoms with E-state index in [-0.39, 0.29) is 11.9 Å². The van der Waals surface area contributed by atoms with E-state index < -0.39 is 0 Å². The van der Waals surface area contributed by atoms with Gasteiger partial charge in [-0.05, 0) is 31.2 Å². The SMILES string of the molecule is COc1ccc(C(=O)Nc2nc3nc(C)cc(-c4ccccc4)n3n2)cc1OC. The highest BCUT2D eigenvalue weighted by atomic mass is 16.5. The Hall–Kier alpha value is -3.94. The maximum Gasteiger partial charge on any atom is 0.258 e. The Morgan fingerprint density at radius 1 is 0.966 bits per heavy atom. The van der Waals surface area contributed by atoms with Gasteiger partial charge in [0, 0.05) is 16.8 Å². The summed E-state index contributed by atoms with van der Waals surface area (Å²) in [6.45, 7) is 1.89. The summed E-state index contributed by atoms with van der Waals surface area (Å²) in [6.07, 6.45) is 0. The topological polar surface area (TPSA) is 90.6 Å². The molecule has 0 aliphatic carbocycles. The number of carbonyl (C=O) groups excluding carboxylic acids is 1. The van der Waals surface area contributed by atoms with Gasteiger partial charge in [-0.15, -0.1) is 5.10 Å². The van der Waals surface area contributed by atoms with Gasteiger partial charge in [-0.3, -0.25) is 10.1 Å². The van der Waals surface area contributed by atoms with Crippen LogP contribution in [0.3, 0.4) is 0 Å². The molecule has 29 heavy (non-hydrogen) atoms. The molecule has 2 aromatic carbocycles. The first kappa shape index (κ1) is 18.4. The Kier molecular flexibility index (Phi) is 4.82. The molecular formula is C21H19N5O3. The zero-order valence-electron chi connectivity index (χ0n) is 16.2. The van der Waals surface area contributed by atoms with Gasteiger partial charge in [-0.1, -0.05) is 30.3 Å². The number of nitrogens with one attached hydrogen (secondary N) is 1. The van der Waals surface area contributed by atoms with Crippen molar-refractivity contribution in [2.45, 2.75) is 6.92 Å². The van der Waals surface area contributed by atoms with Gasteiger partial charge in [0.2, 0.25) is 0 Å². The number of nitrogens with zero attached hydrogens (tertiary/aromatic N) is 4. The molecule has 0 aliphatic heterocycles. The van der Waals surface area contributed by atoms with E-state index >= 15 is 0 Å². The number of rotatable bonds is 5. The zero-order chi connectivity index (χ0) is 20.4. The summed E-state index contributed by atoms with van der Waals surface area (Å²) < 4.78 is 12.1. The normalized spacial score (nSPS) is 10.7. The second kappa shape index (κ2) is 7.59. The molecule has 0 atom stereocenters. The molecule has 1 N–H and O–H groups in total. The number of aromatic nitrogens is 4. The Bertz CT molecular complexity index is 1190. The predicted octanol–water partition coefficient (Wildman–Crippen LogP) is 3.37. The summed E-state index contributed by atoms with van der Waals surface area (Å²) in [7, 11) is 3.06. The van der Waals surface area contributed by atoms with Crippen LogP contribution in [0.4, 0.5) is 5.95 Å². The summed E-state index contributed by atoms with van der Waals surface area (Å²) in [5, 5.41) is 7.14. The molecule has 0 unspecified atom stereocenters. The molecule has 2 heterocycles. The monoisotopic (exact) mass is 389 g/mol. The van der Waals surface area contributed by atoms with E-state index in [1.54, 1.807) is 22.7 Å². The minimum absolute atomic E-state index is 0.167. The average Bonchev–Trinajstić information content (AvgIpc) is 3.15. The fourth-order valence-electron chi connectivity index (χ4n) is 3.01. The molecule has 1 amide bonds. The second-order valence-corrected chi connectivity index (χ2v) is 6.32. The quantitative estimate of drug-likeness (QED) is 0.563. The van der Waals surface area contributed by atoms with E-state index in [0.717, 1.165) is 17.0 Å². The van der Waals surface area contributed by atoms with Crippen LogP contribution in [0.2, 0.25) is 0 Å². The van der Waals surface area contributed by atoms with Crippen molar-refractivity contribution < 1.29 is 14.3 Å². The van der Waals surface area contributed by atoms with E-state index in [2.05, 4.69) is 20.4 Å². The van der Waals surface area contributed by atoms with Gasteiger partial charge in [-0.2, -0.15) is 9.50 Å². The maximum atomic E-state index is 12.7. The third-order valence-corrected chi connectivity index (χ3v) is 4.38. The van der Waals surface area contributed by atoms with Crippen LogP contribution < -0.4 is 14.8 Å². The number of hydrogen-bond acceptors (Lipinski definition) is 6. The van der Waals surface area contributed by atoms with Crippen molar-refractivity contribution in [3.8, 4) is 22.8 Å². The third kappa shape index (κ3) is 3.60. The number of anilines is 1. The Balaban J connectivity index is 1.68. The molecule has 8 nitrogen and oxygen atoms in total. The van der Waals surface area contributed by atoms with E-state index in [4.69, 9.17) is 9.47 Å². The summed E-state index contributed by atoms with van der Waals surface area (Å²) in [6, 6.07) is 16.7. The highest BCUT2D eigenvalue weighted by Crippen LogP contribution is 2.28. The first-order valence-corrected chi connectivity index (χ1v) is 8.92. The van der Waals surface area contributed by atoms with Crippen molar-refractivity contribution in [1.29, 1.82) is 0 Å². The molecule has 0 radical (unpaired) electrons. The van der Waals surface area contributed by atoms with Crippen LogP contribution >= 0.6 is 0 Å². The van der Waals surface area contributed by atoms with Gasteiger partial charge in [-0.25, -0.2) is 4.98 Å². The molecule has 0 saturated carbocycles. The first-order chi connectivity index (χ1) is 14.1. The van der Waals surface area contributed by atoms with Gasteiger partial charge >= 0.3 is 0 Å². The van der Waals surface area contributed by atoms with E-state index in [1.165, 1.54) is 14.2 Å². The summed E-state index contributed by atoms with van der Waals surface area (Å²) in [4.78, 5) is 21.4. The van der Waals surface area contributed by atoms with Crippen molar-refractivity contribution in [2.75, 3.05) is 19.5 Å². The Morgan fingerprint density at radius 3 is 2.45 bits per heavy atom. The zero-order valence-corrected chi connectivity index (χ0v) is 16.2. The number of fused-ring (bicyclic) bond motifs is 1. The van der Waals surface area contributed by atoms with Crippen LogP contribution in [0, 0.1) is 6.92 Å². The summed E-state index contributed by atoms with van der Waals surface area (Å²) in [5.74, 6) is 1.22. The van der Waals surface area contributed by atoms with Gasteiger partial charge < -0.3 is 9.47 Å². The van der Waals surface area contributed by atoms with E-state index in [9.17, 15) is 4.79 Å². The largest absolute Gasteiger partial charge is 0.493 e. The number of carbonyl (C=O) groups is 1. The summed E-state index contributed by atoms with van der Waals surface area (Å²) in [5.41, 5.74) is 3.02. The number of aryl methyl sites for hydroxylation is 1. The second-order valence-electron chi connectivity index (χ2n) is 6.32. The van der Waals surface area contributed by atoms with Gasteiger partial charge in [0.15, 0.2) is 11.5 Å². The van der Waals surface area contributed by atoms with Crippen molar-refractivity contribution in [2.24, 2.45) is 0 Å². The average molecular weight is 389 g/mol. The fraction of sp³-hybridized carbons (Fsp3) is 0.143. The minimum Gasteiger partial charge on any atom is -0.493 e. The molecule has 0 fully saturated rings. The molecule has 8 heteroatoms. The number of ether oxygens (including phenoxy) is 2. The number of benzene rings is 2. The number of hydrogen-bond donors (Lipinski definition) is 1. The standard InChI is InChI=1S/C21H19N5O3/c1-13-11-16(14-7-5-4-6-8-14)26-21(22-13)24-20(25-26)23-19(27)15-9-10-17(28-2)18(12-15)29-3/h4-12H,1-3H3,(H,23,25,27). The van der Waals surface area contributed by atoms with Crippen molar-refractivity contribution in [3.63, 3.8) is 0 Å². The molecule has 0 bridgehead atoms. The highest BCUT2D eigenvalue weighted by Gasteiger charge is 2.16. The third-order valence-electron chi connectivity index (χ3n) is 4.38. The Morgan fingerprint density at radius 2 is 1.72 bits per heavy atom. The lowest BCUT2D eigenvalue weighted by Crippen LogP contribution is -2.13. The lowest BCUT2D eigenvalue weighted by molar-refractivity contribution is 0.102. The van der Waals surface area contributed by atoms with Gasteiger partial charge in [0.05, 0.1) is 19.9 Å². The van der Waals surface area contributed by atoms with E-state index in [0.29, 0.717) is 22.8 Å². The van der Waals surface area contributed by atoms with Gasteiger partial charge in [0.1, 0.15) is 0 Å². The van der Waals surface area contributed by atoms with Crippen LogP contribution in [0.15, 0.2) is 54.6 Å². The molecule has 0 saturated heterocycles. The molecule has 4 aromatic rings. The number of amides is 1. The lowest BCUT2D eigenvalue weighted by Gasteiger charge is -2.08. The molecular weight excluding hydrogens is 370 g/mol. The van der Waals surface area contributed by atoms with Crippen molar-refractivity contribution >= 4 is 17.6 Å². The van der Waals surface area contributed by atoms with Crippen molar-refractivity contribution in [3.05, 3.63) is 65.9 Å². The molecule has 146 valence electrons. The predicted molar refractivity (Wildman–Crippen MR) is 108 cm³/mol. The van der Waals surface area contributed by atoms with E-state index in [1.807, 2.05) is 43.3 Å². The van der Waals surface area contributed by atoms with Crippen LogP contribution in [0.1, 0.15) is 16.1 Å². The van der Waals surface area contributed by atoms with Crippen molar-refractivity contribution in [1.82, 2.24) is 19.6 Å². The molecule has 0 spiro atoms. The lowest BCUT2D eigenvalue weighted by atomic mass is 10.1. The molecule has 2 aromatic heterocycles.